The number of hydrogen-bond acceptors (Lipinski definition) is 4. The van der Waals surface area contributed by atoms with Gasteiger partial charge in [0.1, 0.15) is 0 Å². The molecule has 0 aliphatic rings. The number of aromatic carboxylic acids is 1. The average molecular weight is 257 g/mol. The quantitative estimate of drug-likeness (QED) is 0.794. The van der Waals surface area contributed by atoms with E-state index in [9.17, 15) is 13.2 Å². The first-order valence-corrected chi connectivity index (χ1v) is 6.79. The predicted molar refractivity (Wildman–Crippen MR) is 65.7 cm³/mol. The Balaban J connectivity index is 3.38. The SMILES string of the molecule is CC(C)(c1ccc(C(=O)O)c(N)c1)S(C)(=O)=O. The van der Waals surface area contributed by atoms with E-state index < -0.39 is 20.6 Å². The fraction of sp³-hybridized carbons (Fsp3) is 0.364. The molecule has 0 amide bonds. The number of rotatable bonds is 3. The van der Waals surface area contributed by atoms with E-state index in [-0.39, 0.29) is 11.3 Å². The lowest BCUT2D eigenvalue weighted by atomic mass is 9.99. The summed E-state index contributed by atoms with van der Waals surface area (Å²) in [5, 5.41) is 8.82. The van der Waals surface area contributed by atoms with Crippen molar-refractivity contribution in [3.05, 3.63) is 29.3 Å². The monoisotopic (exact) mass is 257 g/mol. The predicted octanol–water partition coefficient (Wildman–Crippen LogP) is 1.25. The molecule has 0 aliphatic carbocycles. The van der Waals surface area contributed by atoms with E-state index in [1.807, 2.05) is 0 Å². The highest BCUT2D eigenvalue weighted by atomic mass is 32.2. The molecule has 0 heterocycles. The van der Waals surface area contributed by atoms with E-state index in [4.69, 9.17) is 10.8 Å². The standard InChI is InChI=1S/C11H15NO4S/c1-11(2,17(3,15)16)7-4-5-8(10(13)14)9(12)6-7/h4-6H,12H2,1-3H3,(H,13,14). The molecule has 0 fully saturated rings. The Morgan fingerprint density at radius 2 is 1.88 bits per heavy atom. The Labute approximate surface area is 100 Å². The second-order valence-electron chi connectivity index (χ2n) is 4.39. The summed E-state index contributed by atoms with van der Waals surface area (Å²) in [7, 11) is -3.31. The van der Waals surface area contributed by atoms with Gasteiger partial charge in [-0.15, -0.1) is 0 Å². The minimum Gasteiger partial charge on any atom is -0.478 e. The topological polar surface area (TPSA) is 97.5 Å². The molecule has 0 saturated carbocycles. The van der Waals surface area contributed by atoms with Gasteiger partial charge in [0.2, 0.25) is 0 Å². The van der Waals surface area contributed by atoms with Crippen molar-refractivity contribution in [3.8, 4) is 0 Å². The number of carboxylic acid groups (broad SMARTS) is 1. The van der Waals surface area contributed by atoms with Gasteiger partial charge < -0.3 is 10.8 Å². The van der Waals surface area contributed by atoms with Crippen LogP contribution in [0.4, 0.5) is 5.69 Å². The highest BCUT2D eigenvalue weighted by Gasteiger charge is 2.32. The van der Waals surface area contributed by atoms with Gasteiger partial charge in [-0.05, 0) is 31.5 Å². The molecule has 0 bridgehead atoms. The second-order valence-corrected chi connectivity index (χ2v) is 6.95. The van der Waals surface area contributed by atoms with E-state index in [0.29, 0.717) is 5.56 Å². The fourth-order valence-corrected chi connectivity index (χ4v) is 1.90. The Bertz CT molecular complexity index is 561. The van der Waals surface area contributed by atoms with Gasteiger partial charge in [0.25, 0.3) is 0 Å². The van der Waals surface area contributed by atoms with Crippen molar-refractivity contribution in [1.29, 1.82) is 0 Å². The molecule has 3 N–H and O–H groups in total. The molecule has 0 unspecified atom stereocenters. The van der Waals surface area contributed by atoms with Gasteiger partial charge in [-0.25, -0.2) is 13.2 Å². The molecular weight excluding hydrogens is 242 g/mol. The molecule has 1 aromatic rings. The smallest absolute Gasteiger partial charge is 0.337 e. The number of sulfone groups is 1. The second kappa shape index (κ2) is 4.03. The number of anilines is 1. The summed E-state index contributed by atoms with van der Waals surface area (Å²) < 4.78 is 22.2. The summed E-state index contributed by atoms with van der Waals surface area (Å²) in [6.45, 7) is 3.11. The molecule has 6 heteroatoms. The Kier molecular flexibility index (Phi) is 3.20. The molecule has 0 aliphatic heterocycles. The van der Waals surface area contributed by atoms with Gasteiger partial charge in [0, 0.05) is 11.9 Å². The maximum absolute atomic E-state index is 11.6. The Morgan fingerprint density at radius 3 is 2.24 bits per heavy atom. The molecule has 0 atom stereocenters. The number of nitrogen functional groups attached to an aromatic ring is 1. The average Bonchev–Trinajstić information content (AvgIpc) is 2.14. The van der Waals surface area contributed by atoms with Crippen molar-refractivity contribution < 1.29 is 18.3 Å². The first-order chi connectivity index (χ1) is 7.57. The van der Waals surface area contributed by atoms with Crippen LogP contribution in [-0.2, 0) is 14.6 Å². The van der Waals surface area contributed by atoms with Crippen LogP contribution in [0.3, 0.4) is 0 Å². The summed E-state index contributed by atoms with van der Waals surface area (Å²) in [4.78, 5) is 10.8. The Hall–Kier alpha value is -1.56. The van der Waals surface area contributed by atoms with Gasteiger partial charge >= 0.3 is 5.97 Å². The number of carbonyl (C=O) groups is 1. The third-order valence-electron chi connectivity index (χ3n) is 2.90. The van der Waals surface area contributed by atoms with Gasteiger partial charge in [-0.3, -0.25) is 0 Å². The van der Waals surface area contributed by atoms with Gasteiger partial charge in [0.05, 0.1) is 10.3 Å². The maximum atomic E-state index is 11.6. The van der Waals surface area contributed by atoms with Crippen molar-refractivity contribution in [1.82, 2.24) is 0 Å². The van der Waals surface area contributed by atoms with Crippen LogP contribution in [0.25, 0.3) is 0 Å². The summed E-state index contributed by atoms with van der Waals surface area (Å²) in [6.07, 6.45) is 1.13. The largest absolute Gasteiger partial charge is 0.478 e. The van der Waals surface area contributed by atoms with Crippen LogP contribution in [-0.4, -0.2) is 25.7 Å². The minimum absolute atomic E-state index is 0.0296. The lowest BCUT2D eigenvalue weighted by Crippen LogP contribution is -2.28. The van der Waals surface area contributed by atoms with Crippen LogP contribution in [0, 0.1) is 0 Å². The molecule has 94 valence electrons. The van der Waals surface area contributed by atoms with E-state index in [0.717, 1.165) is 6.26 Å². The molecular formula is C11H15NO4S. The van der Waals surface area contributed by atoms with E-state index >= 15 is 0 Å². The van der Waals surface area contributed by atoms with E-state index in [1.165, 1.54) is 18.2 Å². The lowest BCUT2D eigenvalue weighted by molar-refractivity contribution is 0.0698. The van der Waals surface area contributed by atoms with Crippen molar-refractivity contribution in [2.45, 2.75) is 18.6 Å². The molecule has 0 saturated heterocycles. The zero-order valence-corrected chi connectivity index (χ0v) is 10.7. The summed E-state index contributed by atoms with van der Waals surface area (Å²) in [5.41, 5.74) is 6.09. The van der Waals surface area contributed by atoms with Crippen LogP contribution in [0.2, 0.25) is 0 Å². The highest BCUT2D eigenvalue weighted by molar-refractivity contribution is 7.91. The first-order valence-electron chi connectivity index (χ1n) is 4.90. The van der Waals surface area contributed by atoms with Gasteiger partial charge in [-0.2, -0.15) is 0 Å². The molecule has 0 radical (unpaired) electrons. The van der Waals surface area contributed by atoms with Crippen LogP contribution in [0.15, 0.2) is 18.2 Å². The third-order valence-corrected chi connectivity index (χ3v) is 4.99. The van der Waals surface area contributed by atoms with Gasteiger partial charge in [-0.1, -0.05) is 6.07 Å². The first kappa shape index (κ1) is 13.5. The number of benzene rings is 1. The highest BCUT2D eigenvalue weighted by Crippen LogP contribution is 2.31. The lowest BCUT2D eigenvalue weighted by Gasteiger charge is -2.23. The molecule has 0 spiro atoms. The van der Waals surface area contributed by atoms with Gasteiger partial charge in [0.15, 0.2) is 9.84 Å². The van der Waals surface area contributed by atoms with Crippen LogP contribution in [0.5, 0.6) is 0 Å². The Morgan fingerprint density at radius 1 is 1.35 bits per heavy atom. The number of hydrogen-bond donors (Lipinski definition) is 2. The van der Waals surface area contributed by atoms with E-state index in [1.54, 1.807) is 13.8 Å². The summed E-state index contributed by atoms with van der Waals surface area (Å²) in [6, 6.07) is 4.19. The molecule has 0 aromatic heterocycles. The van der Waals surface area contributed by atoms with Crippen LogP contribution < -0.4 is 5.73 Å². The zero-order valence-electron chi connectivity index (χ0n) is 9.89. The number of carboxylic acids is 1. The van der Waals surface area contributed by atoms with Crippen LogP contribution >= 0.6 is 0 Å². The number of nitrogens with two attached hydrogens (primary N) is 1. The zero-order chi connectivity index (χ0) is 13.4. The third kappa shape index (κ3) is 2.41. The molecule has 17 heavy (non-hydrogen) atoms. The summed E-state index contributed by atoms with van der Waals surface area (Å²) >= 11 is 0. The van der Waals surface area contributed by atoms with Crippen molar-refractivity contribution in [2.24, 2.45) is 0 Å². The summed E-state index contributed by atoms with van der Waals surface area (Å²) in [5.74, 6) is -1.13. The van der Waals surface area contributed by atoms with Crippen molar-refractivity contribution in [2.75, 3.05) is 12.0 Å². The maximum Gasteiger partial charge on any atom is 0.337 e. The molecule has 1 rings (SSSR count). The molecule has 5 nitrogen and oxygen atoms in total. The van der Waals surface area contributed by atoms with Crippen molar-refractivity contribution in [3.63, 3.8) is 0 Å². The van der Waals surface area contributed by atoms with E-state index in [2.05, 4.69) is 0 Å². The normalized spacial score (nSPS) is 12.4. The van der Waals surface area contributed by atoms with Crippen molar-refractivity contribution >= 4 is 21.5 Å². The minimum atomic E-state index is -3.31. The fourth-order valence-electron chi connectivity index (χ4n) is 1.35. The van der Waals surface area contributed by atoms with Crippen LogP contribution in [0.1, 0.15) is 29.8 Å². The molecule has 1 aromatic carbocycles.